The Kier molecular flexibility index (Phi) is 4.82. The maximum atomic E-state index is 11.0. The number of aryl methyl sites for hydroxylation is 1. The van der Waals surface area contributed by atoms with Crippen LogP contribution < -0.4 is 5.32 Å². The lowest BCUT2D eigenvalue weighted by molar-refractivity contribution is -0.140. The van der Waals surface area contributed by atoms with Gasteiger partial charge in [0.15, 0.2) is 0 Å². The van der Waals surface area contributed by atoms with E-state index >= 15 is 0 Å². The summed E-state index contributed by atoms with van der Waals surface area (Å²) in [4.78, 5) is 15.6. The normalized spacial score (nSPS) is 20.2. The van der Waals surface area contributed by atoms with Crippen molar-refractivity contribution in [3.8, 4) is 0 Å². The summed E-state index contributed by atoms with van der Waals surface area (Å²) < 4.78 is 4.62. The molecule has 0 amide bonds. The Morgan fingerprint density at radius 3 is 3.29 bits per heavy atom. The van der Waals surface area contributed by atoms with Crippen LogP contribution in [0.1, 0.15) is 23.2 Å². The highest BCUT2D eigenvalue weighted by molar-refractivity contribution is 7.99. The molecular formula is C11H16N2O2S2. The van der Waals surface area contributed by atoms with Crippen LogP contribution >= 0.6 is 23.1 Å². The second-order valence-corrected chi connectivity index (χ2v) is 5.87. The zero-order valence-electron chi connectivity index (χ0n) is 9.77. The molecular weight excluding hydrogens is 256 g/mol. The van der Waals surface area contributed by atoms with Gasteiger partial charge in [0.1, 0.15) is 5.01 Å². The van der Waals surface area contributed by atoms with E-state index in [9.17, 15) is 4.79 Å². The summed E-state index contributed by atoms with van der Waals surface area (Å²) in [5, 5.41) is 6.64. The van der Waals surface area contributed by atoms with Crippen LogP contribution in [0.2, 0.25) is 0 Å². The van der Waals surface area contributed by atoms with Gasteiger partial charge in [0.2, 0.25) is 0 Å². The molecule has 1 saturated heterocycles. The predicted octanol–water partition coefficient (Wildman–Crippen LogP) is 1.63. The van der Waals surface area contributed by atoms with Crippen molar-refractivity contribution >= 4 is 29.1 Å². The van der Waals surface area contributed by atoms with E-state index in [1.807, 2.05) is 17.1 Å². The SMILES string of the molecule is COC(=O)CCc1csc(C2CSCCN2)n1. The first kappa shape index (κ1) is 12.9. The number of hydrogen-bond acceptors (Lipinski definition) is 6. The highest BCUT2D eigenvalue weighted by Crippen LogP contribution is 2.25. The van der Waals surface area contributed by atoms with Crippen molar-refractivity contribution in [2.24, 2.45) is 0 Å². The molecule has 0 radical (unpaired) electrons. The first-order valence-corrected chi connectivity index (χ1v) is 7.65. The van der Waals surface area contributed by atoms with Crippen LogP contribution in [0.15, 0.2) is 5.38 Å². The molecule has 1 unspecified atom stereocenters. The van der Waals surface area contributed by atoms with E-state index in [2.05, 4.69) is 15.0 Å². The lowest BCUT2D eigenvalue weighted by atomic mass is 10.2. The minimum absolute atomic E-state index is 0.175. The third-order valence-electron chi connectivity index (χ3n) is 2.60. The highest BCUT2D eigenvalue weighted by Gasteiger charge is 2.18. The van der Waals surface area contributed by atoms with E-state index in [4.69, 9.17) is 0 Å². The average Bonchev–Trinajstić information content (AvgIpc) is 2.86. The third kappa shape index (κ3) is 3.69. The summed E-state index contributed by atoms with van der Waals surface area (Å²) in [6.45, 7) is 1.05. The summed E-state index contributed by atoms with van der Waals surface area (Å²) in [5.41, 5.74) is 0.993. The van der Waals surface area contributed by atoms with Crippen LogP contribution in [0.25, 0.3) is 0 Å². The number of carbonyl (C=O) groups excluding carboxylic acids is 1. The van der Waals surface area contributed by atoms with Gasteiger partial charge in [-0.3, -0.25) is 4.79 Å². The molecule has 0 saturated carbocycles. The van der Waals surface area contributed by atoms with Crippen LogP contribution in [0.5, 0.6) is 0 Å². The van der Waals surface area contributed by atoms with Crippen LogP contribution in [-0.4, -0.2) is 36.1 Å². The number of rotatable bonds is 4. The summed E-state index contributed by atoms with van der Waals surface area (Å²) >= 11 is 3.64. The minimum atomic E-state index is -0.175. The monoisotopic (exact) mass is 272 g/mol. The Labute approximate surface area is 109 Å². The Morgan fingerprint density at radius 2 is 2.59 bits per heavy atom. The molecule has 0 spiro atoms. The lowest BCUT2D eigenvalue weighted by Gasteiger charge is -2.20. The number of aromatic nitrogens is 1. The quantitative estimate of drug-likeness (QED) is 0.844. The molecule has 6 heteroatoms. The van der Waals surface area contributed by atoms with Crippen molar-refractivity contribution in [3.63, 3.8) is 0 Å². The van der Waals surface area contributed by atoms with E-state index in [0.717, 1.165) is 23.0 Å². The fraction of sp³-hybridized carbons (Fsp3) is 0.636. The maximum absolute atomic E-state index is 11.0. The molecule has 1 aromatic heterocycles. The van der Waals surface area contributed by atoms with Gasteiger partial charge in [-0.15, -0.1) is 11.3 Å². The topological polar surface area (TPSA) is 51.2 Å². The molecule has 1 fully saturated rings. The standard InChI is InChI=1S/C11H16N2O2S2/c1-15-10(14)3-2-8-6-17-11(13-8)9-7-16-5-4-12-9/h6,9,12H,2-5,7H2,1H3. The maximum Gasteiger partial charge on any atom is 0.305 e. The number of thiazole rings is 1. The van der Waals surface area contributed by atoms with E-state index in [1.54, 1.807) is 11.3 Å². The van der Waals surface area contributed by atoms with E-state index < -0.39 is 0 Å². The third-order valence-corrected chi connectivity index (χ3v) is 4.67. The van der Waals surface area contributed by atoms with Crippen LogP contribution in [0.4, 0.5) is 0 Å². The van der Waals surface area contributed by atoms with E-state index in [1.165, 1.54) is 12.9 Å². The number of nitrogens with one attached hydrogen (secondary N) is 1. The molecule has 2 heterocycles. The van der Waals surface area contributed by atoms with Gasteiger partial charge in [-0.1, -0.05) is 0 Å². The number of methoxy groups -OCH3 is 1. The van der Waals surface area contributed by atoms with Gasteiger partial charge < -0.3 is 10.1 Å². The Morgan fingerprint density at radius 1 is 1.71 bits per heavy atom. The van der Waals surface area contributed by atoms with Crippen molar-refractivity contribution in [2.45, 2.75) is 18.9 Å². The molecule has 1 atom stereocenters. The number of esters is 1. The Bertz CT molecular complexity index is 375. The molecule has 94 valence electrons. The van der Waals surface area contributed by atoms with Gasteiger partial charge in [0, 0.05) is 29.9 Å². The van der Waals surface area contributed by atoms with Crippen molar-refractivity contribution in [2.75, 3.05) is 25.2 Å². The van der Waals surface area contributed by atoms with Crippen molar-refractivity contribution < 1.29 is 9.53 Å². The van der Waals surface area contributed by atoms with Crippen molar-refractivity contribution in [1.29, 1.82) is 0 Å². The first-order chi connectivity index (χ1) is 8.29. The smallest absolute Gasteiger partial charge is 0.305 e. The molecule has 1 aliphatic heterocycles. The molecule has 2 rings (SSSR count). The van der Waals surface area contributed by atoms with Crippen LogP contribution in [0, 0.1) is 0 Å². The molecule has 0 bridgehead atoms. The fourth-order valence-electron chi connectivity index (χ4n) is 1.65. The largest absolute Gasteiger partial charge is 0.469 e. The fourth-order valence-corrected chi connectivity index (χ4v) is 3.63. The average molecular weight is 272 g/mol. The zero-order chi connectivity index (χ0) is 12.1. The van der Waals surface area contributed by atoms with Crippen LogP contribution in [0.3, 0.4) is 0 Å². The number of hydrogen-bond donors (Lipinski definition) is 1. The van der Waals surface area contributed by atoms with Gasteiger partial charge in [-0.25, -0.2) is 4.98 Å². The Hall–Kier alpha value is -0.590. The number of thioether (sulfide) groups is 1. The second-order valence-electron chi connectivity index (χ2n) is 3.83. The summed E-state index contributed by atoms with van der Waals surface area (Å²) in [6, 6.07) is 0.380. The number of nitrogens with zero attached hydrogens (tertiary/aromatic N) is 1. The molecule has 17 heavy (non-hydrogen) atoms. The second kappa shape index (κ2) is 6.37. The zero-order valence-corrected chi connectivity index (χ0v) is 11.4. The molecule has 0 aromatic carbocycles. The molecule has 1 aliphatic rings. The van der Waals surface area contributed by atoms with Crippen molar-refractivity contribution in [3.05, 3.63) is 16.1 Å². The molecule has 1 N–H and O–H groups in total. The summed E-state index contributed by atoms with van der Waals surface area (Å²) in [6.07, 6.45) is 1.08. The van der Waals surface area contributed by atoms with Gasteiger partial charge in [0.25, 0.3) is 0 Å². The summed E-state index contributed by atoms with van der Waals surface area (Å²) in [7, 11) is 1.41. The summed E-state index contributed by atoms with van der Waals surface area (Å²) in [5.74, 6) is 2.09. The minimum Gasteiger partial charge on any atom is -0.469 e. The predicted molar refractivity (Wildman–Crippen MR) is 70.5 cm³/mol. The Balaban J connectivity index is 1.88. The van der Waals surface area contributed by atoms with Gasteiger partial charge >= 0.3 is 5.97 Å². The number of carbonyl (C=O) groups is 1. The van der Waals surface area contributed by atoms with Crippen LogP contribution in [-0.2, 0) is 16.0 Å². The molecule has 0 aliphatic carbocycles. The molecule has 4 nitrogen and oxygen atoms in total. The molecule has 1 aromatic rings. The first-order valence-electron chi connectivity index (χ1n) is 5.62. The van der Waals surface area contributed by atoms with Gasteiger partial charge in [0.05, 0.1) is 25.3 Å². The van der Waals surface area contributed by atoms with Gasteiger partial charge in [-0.2, -0.15) is 11.8 Å². The van der Waals surface area contributed by atoms with Gasteiger partial charge in [-0.05, 0) is 0 Å². The highest BCUT2D eigenvalue weighted by atomic mass is 32.2. The van der Waals surface area contributed by atoms with Crippen molar-refractivity contribution in [1.82, 2.24) is 10.3 Å². The van der Waals surface area contributed by atoms with E-state index in [0.29, 0.717) is 18.9 Å². The number of ether oxygens (including phenoxy) is 1. The lowest BCUT2D eigenvalue weighted by Crippen LogP contribution is -2.30. The van der Waals surface area contributed by atoms with E-state index in [-0.39, 0.29) is 5.97 Å².